The lowest BCUT2D eigenvalue weighted by Crippen LogP contribution is -2.01. The zero-order chi connectivity index (χ0) is 15.2. The summed E-state index contributed by atoms with van der Waals surface area (Å²) in [4.78, 5) is 15.6. The minimum Gasteiger partial charge on any atom is -0.493 e. The molecule has 2 aromatic rings. The quantitative estimate of drug-likeness (QED) is 0.850. The molecule has 0 saturated carbocycles. The molecule has 21 heavy (non-hydrogen) atoms. The maximum Gasteiger partial charge on any atom is 0.308 e. The summed E-state index contributed by atoms with van der Waals surface area (Å²) < 4.78 is 5.74. The Hall–Kier alpha value is -1.88. The third-order valence-corrected chi connectivity index (χ3v) is 4.09. The van der Waals surface area contributed by atoms with Crippen molar-refractivity contribution in [1.82, 2.24) is 4.98 Å². The SMILES string of the molecule is CC(C)c1cccc(OCCc2ncc(CC(=O)O)s2)c1. The molecule has 1 aromatic carbocycles. The minimum absolute atomic E-state index is 0.0367. The van der Waals surface area contributed by atoms with E-state index < -0.39 is 5.97 Å². The molecule has 1 aromatic heterocycles. The number of carboxylic acid groups (broad SMARTS) is 1. The van der Waals surface area contributed by atoms with Crippen LogP contribution in [0.15, 0.2) is 30.5 Å². The molecule has 1 heterocycles. The van der Waals surface area contributed by atoms with Gasteiger partial charge in [0.2, 0.25) is 0 Å². The van der Waals surface area contributed by atoms with Crippen LogP contribution in [0.25, 0.3) is 0 Å². The second kappa shape index (κ2) is 7.22. The van der Waals surface area contributed by atoms with Gasteiger partial charge in [-0.15, -0.1) is 11.3 Å². The standard InChI is InChI=1S/C16H19NO3S/c1-11(2)12-4-3-5-13(8-12)20-7-6-15-17-10-14(21-15)9-16(18)19/h3-5,8,10-11H,6-7,9H2,1-2H3,(H,18,19). The molecular weight excluding hydrogens is 286 g/mol. The first-order valence-electron chi connectivity index (χ1n) is 6.92. The van der Waals surface area contributed by atoms with E-state index in [1.807, 2.05) is 12.1 Å². The van der Waals surface area contributed by atoms with Crippen molar-refractivity contribution in [3.63, 3.8) is 0 Å². The van der Waals surface area contributed by atoms with Crippen molar-refractivity contribution >= 4 is 17.3 Å². The maximum absolute atomic E-state index is 10.6. The van der Waals surface area contributed by atoms with Gasteiger partial charge in [-0.3, -0.25) is 4.79 Å². The number of aromatic nitrogens is 1. The van der Waals surface area contributed by atoms with E-state index in [1.54, 1.807) is 6.20 Å². The van der Waals surface area contributed by atoms with E-state index in [0.29, 0.717) is 18.9 Å². The van der Waals surface area contributed by atoms with E-state index >= 15 is 0 Å². The zero-order valence-electron chi connectivity index (χ0n) is 12.2. The van der Waals surface area contributed by atoms with Gasteiger partial charge in [0, 0.05) is 17.5 Å². The van der Waals surface area contributed by atoms with Gasteiger partial charge in [-0.1, -0.05) is 26.0 Å². The molecule has 0 fully saturated rings. The predicted octanol–water partition coefficient (Wildman–Crippen LogP) is 3.52. The van der Waals surface area contributed by atoms with Crippen molar-refractivity contribution in [2.24, 2.45) is 0 Å². The molecule has 0 bridgehead atoms. The molecule has 0 atom stereocenters. The number of nitrogens with zero attached hydrogens (tertiary/aromatic N) is 1. The number of carboxylic acids is 1. The first kappa shape index (κ1) is 15.5. The number of hydrogen-bond acceptors (Lipinski definition) is 4. The molecule has 0 amide bonds. The summed E-state index contributed by atoms with van der Waals surface area (Å²) in [5, 5.41) is 9.63. The van der Waals surface area contributed by atoms with Crippen LogP contribution in [0.1, 0.15) is 35.2 Å². The first-order chi connectivity index (χ1) is 10.0. The van der Waals surface area contributed by atoms with Crippen molar-refractivity contribution in [2.45, 2.75) is 32.6 Å². The Balaban J connectivity index is 1.85. The summed E-state index contributed by atoms with van der Waals surface area (Å²) in [6.45, 7) is 4.85. The van der Waals surface area contributed by atoms with Gasteiger partial charge >= 0.3 is 5.97 Å². The van der Waals surface area contributed by atoms with E-state index in [2.05, 4.69) is 31.0 Å². The predicted molar refractivity (Wildman–Crippen MR) is 83.2 cm³/mol. The van der Waals surface area contributed by atoms with Crippen molar-refractivity contribution < 1.29 is 14.6 Å². The Labute approximate surface area is 128 Å². The lowest BCUT2D eigenvalue weighted by Gasteiger charge is -2.09. The van der Waals surface area contributed by atoms with Crippen molar-refractivity contribution in [1.29, 1.82) is 0 Å². The number of rotatable bonds is 7. The molecule has 0 aliphatic heterocycles. The molecule has 5 heteroatoms. The smallest absolute Gasteiger partial charge is 0.308 e. The number of carbonyl (C=O) groups is 1. The summed E-state index contributed by atoms with van der Waals surface area (Å²) in [6, 6.07) is 8.10. The van der Waals surface area contributed by atoms with Crippen LogP contribution in [-0.4, -0.2) is 22.7 Å². The van der Waals surface area contributed by atoms with Gasteiger partial charge in [-0.2, -0.15) is 0 Å². The fourth-order valence-corrected chi connectivity index (χ4v) is 2.81. The summed E-state index contributed by atoms with van der Waals surface area (Å²) >= 11 is 1.43. The van der Waals surface area contributed by atoms with E-state index in [4.69, 9.17) is 9.84 Å². The largest absolute Gasteiger partial charge is 0.493 e. The zero-order valence-corrected chi connectivity index (χ0v) is 13.0. The second-order valence-corrected chi connectivity index (χ2v) is 6.32. The molecule has 1 N–H and O–H groups in total. The minimum atomic E-state index is -0.827. The van der Waals surface area contributed by atoms with Gasteiger partial charge in [0.05, 0.1) is 18.0 Å². The number of aliphatic carboxylic acids is 1. The molecule has 112 valence electrons. The topological polar surface area (TPSA) is 59.4 Å². The molecule has 0 unspecified atom stereocenters. The average molecular weight is 305 g/mol. The Bertz CT molecular complexity index is 607. The van der Waals surface area contributed by atoms with E-state index in [9.17, 15) is 4.79 Å². The second-order valence-electron chi connectivity index (χ2n) is 5.12. The summed E-state index contributed by atoms with van der Waals surface area (Å²) in [5.41, 5.74) is 1.26. The van der Waals surface area contributed by atoms with Gasteiger partial charge < -0.3 is 9.84 Å². The highest BCUT2D eigenvalue weighted by Gasteiger charge is 2.06. The van der Waals surface area contributed by atoms with Gasteiger partial charge in [0.25, 0.3) is 0 Å². The first-order valence-corrected chi connectivity index (χ1v) is 7.74. The third-order valence-electron chi connectivity index (χ3n) is 3.04. The molecule has 4 nitrogen and oxygen atoms in total. The van der Waals surface area contributed by atoms with Crippen LogP contribution in [0.5, 0.6) is 5.75 Å². The average Bonchev–Trinajstić information content (AvgIpc) is 2.86. The van der Waals surface area contributed by atoms with Crippen LogP contribution >= 0.6 is 11.3 Å². The van der Waals surface area contributed by atoms with E-state index in [1.165, 1.54) is 16.9 Å². The van der Waals surface area contributed by atoms with E-state index in [-0.39, 0.29) is 6.42 Å². The monoisotopic (exact) mass is 305 g/mol. The van der Waals surface area contributed by atoms with Crippen LogP contribution in [0.3, 0.4) is 0 Å². The molecule has 0 radical (unpaired) electrons. The number of hydrogen-bond donors (Lipinski definition) is 1. The van der Waals surface area contributed by atoms with E-state index in [0.717, 1.165) is 15.6 Å². The Morgan fingerprint density at radius 3 is 2.95 bits per heavy atom. The maximum atomic E-state index is 10.6. The summed E-state index contributed by atoms with van der Waals surface area (Å²) in [5.74, 6) is 0.515. The Morgan fingerprint density at radius 1 is 1.43 bits per heavy atom. The highest BCUT2D eigenvalue weighted by Crippen LogP contribution is 2.20. The third kappa shape index (κ3) is 4.86. The van der Waals surface area contributed by atoms with Gasteiger partial charge in [0.1, 0.15) is 5.75 Å². The fraction of sp³-hybridized carbons (Fsp3) is 0.375. The summed E-state index contributed by atoms with van der Waals surface area (Å²) in [7, 11) is 0. The molecule has 0 saturated heterocycles. The molecule has 0 aliphatic rings. The van der Waals surface area contributed by atoms with Crippen LogP contribution in [0.4, 0.5) is 0 Å². The van der Waals surface area contributed by atoms with Crippen LogP contribution in [0, 0.1) is 0 Å². The lowest BCUT2D eigenvalue weighted by atomic mass is 10.0. The molecule has 0 aliphatic carbocycles. The van der Waals surface area contributed by atoms with Crippen molar-refractivity contribution in [3.05, 3.63) is 45.9 Å². The highest BCUT2D eigenvalue weighted by molar-refractivity contribution is 7.11. The summed E-state index contributed by atoms with van der Waals surface area (Å²) in [6.07, 6.45) is 2.36. The lowest BCUT2D eigenvalue weighted by molar-refractivity contribution is -0.136. The normalized spacial score (nSPS) is 10.8. The molecular formula is C16H19NO3S. The van der Waals surface area contributed by atoms with Crippen molar-refractivity contribution in [3.8, 4) is 5.75 Å². The molecule has 0 spiro atoms. The molecule has 2 rings (SSSR count). The van der Waals surface area contributed by atoms with Crippen LogP contribution in [0.2, 0.25) is 0 Å². The number of benzene rings is 1. The fourth-order valence-electron chi connectivity index (χ4n) is 1.91. The Kier molecular flexibility index (Phi) is 5.33. The van der Waals surface area contributed by atoms with Gasteiger partial charge in [0.15, 0.2) is 0 Å². The number of thiazole rings is 1. The van der Waals surface area contributed by atoms with Crippen molar-refractivity contribution in [2.75, 3.05) is 6.61 Å². The number of ether oxygens (including phenoxy) is 1. The highest BCUT2D eigenvalue weighted by atomic mass is 32.1. The van der Waals surface area contributed by atoms with Gasteiger partial charge in [-0.25, -0.2) is 4.98 Å². The van der Waals surface area contributed by atoms with Crippen LogP contribution < -0.4 is 4.74 Å². The van der Waals surface area contributed by atoms with Gasteiger partial charge in [-0.05, 0) is 23.6 Å². The van der Waals surface area contributed by atoms with Crippen LogP contribution in [-0.2, 0) is 17.6 Å². The Morgan fingerprint density at radius 2 is 2.24 bits per heavy atom.